The van der Waals surface area contributed by atoms with E-state index in [4.69, 9.17) is 11.6 Å². The first-order valence-corrected chi connectivity index (χ1v) is 5.25. The highest BCUT2D eigenvalue weighted by molar-refractivity contribution is 14.1. The smallest absolute Gasteiger partial charge is 0.138 e. The first kappa shape index (κ1) is 9.74. The Labute approximate surface area is 91.4 Å². The third kappa shape index (κ3) is 2.29. The topological polar surface area (TPSA) is 0 Å². The molecule has 0 saturated heterocycles. The number of benzene rings is 1. The van der Waals surface area contributed by atoms with Crippen LogP contribution in [0.3, 0.4) is 0 Å². The molecular weight excluding hydrogens is 345 g/mol. The van der Waals surface area contributed by atoms with Crippen molar-refractivity contribution < 1.29 is 4.39 Å². The zero-order valence-corrected chi connectivity index (χ0v) is 9.87. The van der Waals surface area contributed by atoms with E-state index in [1.54, 1.807) is 6.07 Å². The molecule has 1 rings (SSSR count). The predicted molar refractivity (Wildman–Crippen MR) is 56.4 cm³/mol. The van der Waals surface area contributed by atoms with Crippen molar-refractivity contribution in [2.75, 3.05) is 0 Å². The minimum absolute atomic E-state index is 0.247. The van der Waals surface area contributed by atoms with Crippen LogP contribution in [0.4, 0.5) is 4.39 Å². The summed E-state index contributed by atoms with van der Waals surface area (Å²) in [6.45, 7) is 0. The molecule has 1 aromatic rings. The molecular formula is C7H4BrClFI. The fourth-order valence-electron chi connectivity index (χ4n) is 0.666. The van der Waals surface area contributed by atoms with Gasteiger partial charge in [-0.25, -0.2) is 4.39 Å². The molecule has 4 heteroatoms. The molecule has 0 unspecified atom stereocenters. The number of halogens is 4. The molecule has 0 aliphatic rings. The lowest BCUT2D eigenvalue weighted by molar-refractivity contribution is 0.619. The van der Waals surface area contributed by atoms with Crippen LogP contribution in [0.1, 0.15) is 5.56 Å². The van der Waals surface area contributed by atoms with Crippen LogP contribution in [-0.2, 0) is 5.88 Å². The van der Waals surface area contributed by atoms with Gasteiger partial charge in [0.15, 0.2) is 0 Å². The quantitative estimate of drug-likeness (QED) is 0.409. The average Bonchev–Trinajstić information content (AvgIpc) is 1.97. The first-order chi connectivity index (χ1) is 5.15. The fourth-order valence-corrected chi connectivity index (χ4v) is 2.12. The monoisotopic (exact) mass is 348 g/mol. The minimum Gasteiger partial charge on any atom is -0.206 e. The molecule has 0 aromatic heterocycles. The summed E-state index contributed by atoms with van der Waals surface area (Å²) in [5, 5.41) is 0. The van der Waals surface area contributed by atoms with Gasteiger partial charge in [0.25, 0.3) is 0 Å². The summed E-state index contributed by atoms with van der Waals surface area (Å²) in [5.41, 5.74) is 0.945. The number of hydrogen-bond donors (Lipinski definition) is 0. The minimum atomic E-state index is -0.247. The van der Waals surface area contributed by atoms with Gasteiger partial charge in [0.2, 0.25) is 0 Å². The van der Waals surface area contributed by atoms with E-state index in [9.17, 15) is 4.39 Å². The maximum atomic E-state index is 12.8. The lowest BCUT2D eigenvalue weighted by Crippen LogP contribution is -1.87. The normalized spacial score (nSPS) is 10.2. The summed E-state index contributed by atoms with van der Waals surface area (Å²) in [5.74, 6) is 0.167. The van der Waals surface area contributed by atoms with E-state index in [-0.39, 0.29) is 5.82 Å². The highest BCUT2D eigenvalue weighted by Gasteiger charge is 2.04. The summed E-state index contributed by atoms with van der Waals surface area (Å²) >= 11 is 10.7. The zero-order valence-electron chi connectivity index (χ0n) is 5.37. The van der Waals surface area contributed by atoms with Crippen LogP contribution >= 0.6 is 50.1 Å². The van der Waals surface area contributed by atoms with Gasteiger partial charge < -0.3 is 0 Å². The standard InChI is InChI=1S/C7H4BrClFI/c8-5-1-4(3-9)7(11)2-6(5)10/h1-2H,3H2. The fraction of sp³-hybridized carbons (Fsp3) is 0.143. The van der Waals surface area contributed by atoms with E-state index in [0.29, 0.717) is 10.4 Å². The molecule has 0 nitrogen and oxygen atoms in total. The van der Waals surface area contributed by atoms with Gasteiger partial charge in [0.1, 0.15) is 5.82 Å². The molecule has 0 radical (unpaired) electrons. The third-order valence-corrected chi connectivity index (χ3v) is 3.13. The maximum Gasteiger partial charge on any atom is 0.138 e. The molecule has 60 valence electrons. The maximum absolute atomic E-state index is 12.8. The summed E-state index contributed by atoms with van der Waals surface area (Å²) in [7, 11) is 0. The highest BCUT2D eigenvalue weighted by Crippen LogP contribution is 2.23. The second-order valence-corrected chi connectivity index (χ2v) is 4.28. The molecule has 0 N–H and O–H groups in total. The van der Waals surface area contributed by atoms with E-state index in [2.05, 4.69) is 38.5 Å². The molecule has 1 aromatic carbocycles. The Hall–Kier alpha value is 0.650. The van der Waals surface area contributed by atoms with Gasteiger partial charge in [-0.2, -0.15) is 0 Å². The molecule has 0 heterocycles. The van der Waals surface area contributed by atoms with Crippen molar-refractivity contribution in [1.29, 1.82) is 0 Å². The van der Waals surface area contributed by atoms with Gasteiger partial charge in [-0.1, -0.05) is 0 Å². The van der Waals surface area contributed by atoms with Crippen LogP contribution in [-0.4, -0.2) is 0 Å². The number of alkyl halides is 1. The molecule has 0 aliphatic heterocycles. The Morgan fingerprint density at radius 3 is 2.73 bits per heavy atom. The summed E-state index contributed by atoms with van der Waals surface area (Å²) in [6.07, 6.45) is 0. The Kier molecular flexibility index (Phi) is 3.58. The Morgan fingerprint density at radius 2 is 2.18 bits per heavy atom. The van der Waals surface area contributed by atoms with Gasteiger partial charge in [-0.3, -0.25) is 0 Å². The van der Waals surface area contributed by atoms with E-state index < -0.39 is 0 Å². The molecule has 0 bridgehead atoms. The van der Waals surface area contributed by atoms with Gasteiger partial charge in [0.05, 0.1) is 4.47 Å². The number of rotatable bonds is 1. The van der Waals surface area contributed by atoms with Crippen molar-refractivity contribution in [2.45, 2.75) is 5.88 Å². The Bertz CT molecular complexity index is 277. The van der Waals surface area contributed by atoms with Crippen molar-refractivity contribution >= 4 is 50.1 Å². The second kappa shape index (κ2) is 4.05. The van der Waals surface area contributed by atoms with Gasteiger partial charge in [-0.05, 0) is 56.2 Å². The van der Waals surface area contributed by atoms with Crippen molar-refractivity contribution in [3.63, 3.8) is 0 Å². The summed E-state index contributed by atoms with van der Waals surface area (Å²) in [4.78, 5) is 0. The molecule has 0 atom stereocenters. The van der Waals surface area contributed by atoms with E-state index in [1.807, 2.05) is 0 Å². The first-order valence-electron chi connectivity index (χ1n) is 2.84. The average molecular weight is 349 g/mol. The lowest BCUT2D eigenvalue weighted by Gasteiger charge is -2.01. The van der Waals surface area contributed by atoms with Crippen LogP contribution in [0.25, 0.3) is 0 Å². The molecule has 0 aliphatic carbocycles. The molecule has 0 amide bonds. The van der Waals surface area contributed by atoms with E-state index in [1.165, 1.54) is 6.07 Å². The zero-order chi connectivity index (χ0) is 8.43. The van der Waals surface area contributed by atoms with E-state index >= 15 is 0 Å². The SMILES string of the molecule is Fc1cc(I)c(CCl)cc1Br. The van der Waals surface area contributed by atoms with Gasteiger partial charge in [-0.15, -0.1) is 11.6 Å². The summed E-state index contributed by atoms with van der Waals surface area (Å²) in [6, 6.07) is 3.16. The van der Waals surface area contributed by atoms with E-state index in [0.717, 1.165) is 9.13 Å². The van der Waals surface area contributed by atoms with Gasteiger partial charge in [0, 0.05) is 9.45 Å². The van der Waals surface area contributed by atoms with Crippen LogP contribution in [0.5, 0.6) is 0 Å². The molecule has 0 saturated carbocycles. The molecule has 11 heavy (non-hydrogen) atoms. The largest absolute Gasteiger partial charge is 0.206 e. The highest BCUT2D eigenvalue weighted by atomic mass is 127. The van der Waals surface area contributed by atoms with Crippen molar-refractivity contribution in [3.05, 3.63) is 31.6 Å². The lowest BCUT2D eigenvalue weighted by atomic mass is 10.2. The Balaban J connectivity index is 3.21. The van der Waals surface area contributed by atoms with Crippen molar-refractivity contribution in [2.24, 2.45) is 0 Å². The predicted octanol–water partition coefficient (Wildman–Crippen LogP) is 3.93. The van der Waals surface area contributed by atoms with Crippen LogP contribution < -0.4 is 0 Å². The molecule has 0 spiro atoms. The van der Waals surface area contributed by atoms with Crippen LogP contribution in [0.2, 0.25) is 0 Å². The second-order valence-electron chi connectivity index (χ2n) is 1.99. The summed E-state index contributed by atoms with van der Waals surface area (Å²) < 4.78 is 14.1. The van der Waals surface area contributed by atoms with Crippen LogP contribution in [0.15, 0.2) is 16.6 Å². The number of hydrogen-bond acceptors (Lipinski definition) is 0. The van der Waals surface area contributed by atoms with Crippen LogP contribution in [0, 0.1) is 9.39 Å². The van der Waals surface area contributed by atoms with Crippen molar-refractivity contribution in [1.82, 2.24) is 0 Å². The van der Waals surface area contributed by atoms with Crippen molar-refractivity contribution in [3.8, 4) is 0 Å². The molecule has 0 fully saturated rings. The Morgan fingerprint density at radius 1 is 1.55 bits per heavy atom. The van der Waals surface area contributed by atoms with Gasteiger partial charge >= 0.3 is 0 Å². The third-order valence-electron chi connectivity index (χ3n) is 1.23.